The lowest BCUT2D eigenvalue weighted by Crippen LogP contribution is -2.31. The second-order valence-corrected chi connectivity index (χ2v) is 7.16. The van der Waals surface area contributed by atoms with Crippen LogP contribution in [0.1, 0.15) is 6.92 Å². The number of carbonyl (C=O) groups excluding carboxylic acids is 1. The summed E-state index contributed by atoms with van der Waals surface area (Å²) in [6, 6.07) is 7.82. The zero-order valence-electron chi connectivity index (χ0n) is 10.3. The maximum absolute atomic E-state index is 11.8. The fourth-order valence-electron chi connectivity index (χ4n) is 1.42. The first kappa shape index (κ1) is 14.6. The third kappa shape index (κ3) is 3.40. The largest absolute Gasteiger partial charge is 0.289 e. The predicted molar refractivity (Wildman–Crippen MR) is 84.8 cm³/mol. The van der Waals surface area contributed by atoms with Crippen LogP contribution in [-0.4, -0.2) is 28.0 Å². The molecular formula is C12H11Br2N3OS. The van der Waals surface area contributed by atoms with Gasteiger partial charge in [-0.15, -0.1) is 10.2 Å². The Kier molecular flexibility index (Phi) is 4.70. The highest BCUT2D eigenvalue weighted by Crippen LogP contribution is 2.29. The van der Waals surface area contributed by atoms with Crippen LogP contribution >= 0.6 is 43.2 Å². The molecular weight excluding hydrogens is 394 g/mol. The van der Waals surface area contributed by atoms with Gasteiger partial charge in [0.1, 0.15) is 5.01 Å². The van der Waals surface area contributed by atoms with Crippen molar-refractivity contribution in [3.8, 4) is 10.6 Å². The standard InChI is InChI=1S/C12H11Br2N3OS/c1-7(13)11(18)17(2)12-16-15-10(19-12)8-3-5-9(14)6-4-8/h3-7H,1-2H3. The van der Waals surface area contributed by atoms with Gasteiger partial charge in [0.2, 0.25) is 11.0 Å². The number of halogens is 2. The van der Waals surface area contributed by atoms with E-state index in [2.05, 4.69) is 42.1 Å². The summed E-state index contributed by atoms with van der Waals surface area (Å²) in [6.07, 6.45) is 0. The molecule has 0 aliphatic carbocycles. The number of aromatic nitrogens is 2. The highest BCUT2D eigenvalue weighted by atomic mass is 79.9. The summed E-state index contributed by atoms with van der Waals surface area (Å²) in [5.41, 5.74) is 0.986. The lowest BCUT2D eigenvalue weighted by Gasteiger charge is -2.14. The lowest BCUT2D eigenvalue weighted by molar-refractivity contribution is -0.117. The Morgan fingerprint density at radius 2 is 1.95 bits per heavy atom. The van der Waals surface area contributed by atoms with E-state index >= 15 is 0 Å². The highest BCUT2D eigenvalue weighted by Gasteiger charge is 2.19. The van der Waals surface area contributed by atoms with Gasteiger partial charge in [0.25, 0.3) is 0 Å². The van der Waals surface area contributed by atoms with Gasteiger partial charge in [-0.1, -0.05) is 55.3 Å². The molecule has 0 aliphatic heterocycles. The summed E-state index contributed by atoms with van der Waals surface area (Å²) in [7, 11) is 1.70. The van der Waals surface area contributed by atoms with Gasteiger partial charge in [-0.25, -0.2) is 0 Å². The summed E-state index contributed by atoms with van der Waals surface area (Å²) in [6.45, 7) is 1.79. The third-order valence-corrected chi connectivity index (χ3v) is 4.43. The van der Waals surface area contributed by atoms with Crippen molar-refractivity contribution in [3.05, 3.63) is 28.7 Å². The van der Waals surface area contributed by atoms with E-state index in [9.17, 15) is 4.79 Å². The van der Waals surface area contributed by atoms with Crippen LogP contribution < -0.4 is 4.90 Å². The number of hydrogen-bond donors (Lipinski definition) is 0. The van der Waals surface area contributed by atoms with Crippen LogP contribution in [0.2, 0.25) is 0 Å². The van der Waals surface area contributed by atoms with Gasteiger partial charge in [-0.3, -0.25) is 9.69 Å². The summed E-state index contributed by atoms with van der Waals surface area (Å²) < 4.78 is 1.02. The van der Waals surface area contributed by atoms with Crippen LogP contribution in [0.15, 0.2) is 28.7 Å². The van der Waals surface area contributed by atoms with E-state index in [1.807, 2.05) is 24.3 Å². The van der Waals surface area contributed by atoms with Crippen LogP contribution in [0.5, 0.6) is 0 Å². The van der Waals surface area contributed by atoms with Crippen LogP contribution in [0.4, 0.5) is 5.13 Å². The fourth-order valence-corrected chi connectivity index (χ4v) is 2.81. The first-order valence-corrected chi connectivity index (χ1v) is 8.02. The van der Waals surface area contributed by atoms with Crippen molar-refractivity contribution in [2.75, 3.05) is 11.9 Å². The molecule has 1 aromatic carbocycles. The average molecular weight is 405 g/mol. The molecule has 1 aromatic heterocycles. The minimum absolute atomic E-state index is 0.0430. The minimum Gasteiger partial charge on any atom is -0.289 e. The molecule has 0 spiro atoms. The van der Waals surface area contributed by atoms with E-state index in [0.29, 0.717) is 5.13 Å². The van der Waals surface area contributed by atoms with Gasteiger partial charge in [-0.05, 0) is 19.1 Å². The molecule has 7 heteroatoms. The molecule has 0 saturated heterocycles. The van der Waals surface area contributed by atoms with E-state index in [4.69, 9.17) is 0 Å². The summed E-state index contributed by atoms with van der Waals surface area (Å²) in [5, 5.41) is 9.57. The number of carbonyl (C=O) groups is 1. The van der Waals surface area contributed by atoms with Crippen LogP contribution in [0.3, 0.4) is 0 Å². The number of rotatable bonds is 3. The van der Waals surface area contributed by atoms with Gasteiger partial charge < -0.3 is 0 Å². The molecule has 0 N–H and O–H groups in total. The second-order valence-electron chi connectivity index (χ2n) is 3.91. The van der Waals surface area contributed by atoms with E-state index in [1.165, 1.54) is 16.2 Å². The summed E-state index contributed by atoms with van der Waals surface area (Å²) >= 11 is 8.04. The second kappa shape index (κ2) is 6.11. The minimum atomic E-state index is -0.238. The van der Waals surface area contributed by atoms with Crippen molar-refractivity contribution in [2.45, 2.75) is 11.8 Å². The van der Waals surface area contributed by atoms with Crippen molar-refractivity contribution in [1.82, 2.24) is 10.2 Å². The molecule has 19 heavy (non-hydrogen) atoms. The molecule has 1 amide bonds. The van der Waals surface area contributed by atoms with Crippen LogP contribution in [-0.2, 0) is 4.79 Å². The molecule has 0 aliphatic rings. The number of nitrogens with zero attached hydrogens (tertiary/aromatic N) is 3. The number of hydrogen-bond acceptors (Lipinski definition) is 4. The highest BCUT2D eigenvalue weighted by molar-refractivity contribution is 9.10. The lowest BCUT2D eigenvalue weighted by atomic mass is 10.2. The van der Waals surface area contributed by atoms with E-state index in [1.54, 1.807) is 14.0 Å². The topological polar surface area (TPSA) is 46.1 Å². The van der Waals surface area contributed by atoms with Crippen molar-refractivity contribution < 1.29 is 4.79 Å². The zero-order valence-corrected chi connectivity index (χ0v) is 14.3. The van der Waals surface area contributed by atoms with Crippen molar-refractivity contribution in [2.24, 2.45) is 0 Å². The van der Waals surface area contributed by atoms with Crippen LogP contribution in [0.25, 0.3) is 10.6 Å². The average Bonchev–Trinajstić information content (AvgIpc) is 2.87. The molecule has 4 nitrogen and oxygen atoms in total. The number of alkyl halides is 1. The van der Waals surface area contributed by atoms with Gasteiger partial charge in [0.15, 0.2) is 0 Å². The van der Waals surface area contributed by atoms with Gasteiger partial charge in [0.05, 0.1) is 4.83 Å². The molecule has 100 valence electrons. The van der Waals surface area contributed by atoms with Crippen LogP contribution in [0, 0.1) is 0 Å². The SMILES string of the molecule is CC(Br)C(=O)N(C)c1nnc(-c2ccc(Br)cc2)s1. The Labute approximate surface area is 132 Å². The maximum Gasteiger partial charge on any atom is 0.242 e. The summed E-state index contributed by atoms with van der Waals surface area (Å²) in [4.78, 5) is 13.1. The molecule has 1 unspecified atom stereocenters. The molecule has 2 aromatic rings. The molecule has 0 fully saturated rings. The Morgan fingerprint density at radius 3 is 2.53 bits per heavy atom. The van der Waals surface area contributed by atoms with E-state index < -0.39 is 0 Å². The number of benzene rings is 1. The van der Waals surface area contributed by atoms with Gasteiger partial charge >= 0.3 is 0 Å². The number of anilines is 1. The van der Waals surface area contributed by atoms with E-state index in [-0.39, 0.29) is 10.7 Å². The first-order chi connectivity index (χ1) is 8.99. The maximum atomic E-state index is 11.8. The van der Waals surface area contributed by atoms with Gasteiger partial charge in [0, 0.05) is 17.1 Å². The molecule has 0 radical (unpaired) electrons. The normalized spacial score (nSPS) is 12.2. The number of amides is 1. The molecule has 2 rings (SSSR count). The Balaban J connectivity index is 2.24. The summed E-state index contributed by atoms with van der Waals surface area (Å²) in [5.74, 6) is -0.0430. The van der Waals surface area contributed by atoms with Crippen molar-refractivity contribution >= 4 is 54.2 Å². The smallest absolute Gasteiger partial charge is 0.242 e. The molecule has 0 bridgehead atoms. The molecule has 0 saturated carbocycles. The van der Waals surface area contributed by atoms with Crippen molar-refractivity contribution in [3.63, 3.8) is 0 Å². The predicted octanol–water partition coefficient (Wildman–Crippen LogP) is 3.71. The van der Waals surface area contributed by atoms with Gasteiger partial charge in [-0.2, -0.15) is 0 Å². The monoisotopic (exact) mass is 403 g/mol. The molecule has 1 atom stereocenters. The Morgan fingerprint density at radius 1 is 1.32 bits per heavy atom. The third-order valence-electron chi connectivity index (χ3n) is 2.46. The quantitative estimate of drug-likeness (QED) is 0.732. The van der Waals surface area contributed by atoms with E-state index in [0.717, 1.165) is 15.0 Å². The van der Waals surface area contributed by atoms with Crippen molar-refractivity contribution in [1.29, 1.82) is 0 Å². The Bertz CT molecular complexity index is 583. The fraction of sp³-hybridized carbons (Fsp3) is 0.250. The zero-order chi connectivity index (χ0) is 14.0. The Hall–Kier alpha value is -0.790. The first-order valence-electron chi connectivity index (χ1n) is 5.50. The molecule has 1 heterocycles.